The van der Waals surface area contributed by atoms with Crippen molar-refractivity contribution in [3.8, 4) is 11.4 Å². The maximum absolute atomic E-state index is 6.26. The lowest BCUT2D eigenvalue weighted by Crippen LogP contribution is -2.07. The highest BCUT2D eigenvalue weighted by Gasteiger charge is 2.16. The summed E-state index contributed by atoms with van der Waals surface area (Å²) < 4.78 is 2.31. The molecule has 0 radical (unpaired) electrons. The Morgan fingerprint density at radius 3 is 2.26 bits per heavy atom. The molecule has 3 heteroatoms. The summed E-state index contributed by atoms with van der Waals surface area (Å²) in [6, 6.07) is 18.5. The van der Waals surface area contributed by atoms with Crippen LogP contribution in [0, 0.1) is 27.7 Å². The van der Waals surface area contributed by atoms with Crippen molar-refractivity contribution in [2.75, 3.05) is 0 Å². The van der Waals surface area contributed by atoms with Gasteiger partial charge in [0.1, 0.15) is 5.82 Å². The molecule has 0 fully saturated rings. The Hall–Kier alpha value is -2.58. The van der Waals surface area contributed by atoms with Gasteiger partial charge in [0, 0.05) is 10.6 Å². The number of hydrogen-bond donors (Lipinski definition) is 0. The topological polar surface area (TPSA) is 17.8 Å². The van der Waals surface area contributed by atoms with Crippen LogP contribution in [0.15, 0.2) is 54.6 Å². The molecule has 0 spiro atoms. The van der Waals surface area contributed by atoms with E-state index in [0.29, 0.717) is 0 Å². The van der Waals surface area contributed by atoms with E-state index in [-0.39, 0.29) is 0 Å². The summed E-state index contributed by atoms with van der Waals surface area (Å²) in [6.07, 6.45) is 0. The van der Waals surface area contributed by atoms with Crippen molar-refractivity contribution in [2.24, 2.45) is 0 Å². The van der Waals surface area contributed by atoms with Crippen LogP contribution in [0.1, 0.15) is 27.8 Å². The Bertz CT molecular complexity index is 1130. The zero-order valence-electron chi connectivity index (χ0n) is 16.2. The minimum atomic E-state index is 0.727. The molecule has 0 aliphatic heterocycles. The van der Waals surface area contributed by atoms with Crippen LogP contribution in [0.4, 0.5) is 0 Å². The highest BCUT2D eigenvalue weighted by molar-refractivity contribution is 6.30. The summed E-state index contributed by atoms with van der Waals surface area (Å²) in [5, 5.41) is 0.727. The molecule has 0 N–H and O–H groups in total. The van der Waals surface area contributed by atoms with E-state index in [0.717, 1.165) is 34.0 Å². The van der Waals surface area contributed by atoms with Gasteiger partial charge in [-0.2, -0.15) is 0 Å². The molecule has 2 nitrogen and oxygen atoms in total. The third kappa shape index (κ3) is 3.15. The smallest absolute Gasteiger partial charge is 0.141 e. The van der Waals surface area contributed by atoms with Gasteiger partial charge in [-0.15, -0.1) is 0 Å². The maximum atomic E-state index is 6.26. The molecule has 0 saturated heterocycles. The number of fused-ring (bicyclic) bond motifs is 1. The Morgan fingerprint density at radius 1 is 0.852 bits per heavy atom. The third-order valence-corrected chi connectivity index (χ3v) is 5.81. The monoisotopic (exact) mass is 374 g/mol. The second-order valence-electron chi connectivity index (χ2n) is 7.26. The quantitative estimate of drug-likeness (QED) is 0.393. The van der Waals surface area contributed by atoms with Gasteiger partial charge in [-0.25, -0.2) is 4.98 Å². The molecule has 3 aromatic carbocycles. The second-order valence-corrected chi connectivity index (χ2v) is 7.70. The number of para-hydroxylation sites is 2. The lowest BCUT2D eigenvalue weighted by Gasteiger charge is -2.18. The third-order valence-electron chi connectivity index (χ3n) is 5.57. The van der Waals surface area contributed by atoms with E-state index < -0.39 is 0 Å². The van der Waals surface area contributed by atoms with E-state index in [1.54, 1.807) is 0 Å². The highest BCUT2D eigenvalue weighted by Crippen LogP contribution is 2.30. The number of halogens is 1. The minimum Gasteiger partial charge on any atom is -0.319 e. The fraction of sp³-hybridized carbons (Fsp3) is 0.208. The van der Waals surface area contributed by atoms with Crippen LogP contribution in [0.3, 0.4) is 0 Å². The molecule has 136 valence electrons. The van der Waals surface area contributed by atoms with Crippen molar-refractivity contribution >= 4 is 22.6 Å². The van der Waals surface area contributed by atoms with Gasteiger partial charge in [0.25, 0.3) is 0 Å². The summed E-state index contributed by atoms with van der Waals surface area (Å²) in [5.74, 6) is 0.955. The van der Waals surface area contributed by atoms with Crippen LogP contribution in [0.5, 0.6) is 0 Å². The van der Waals surface area contributed by atoms with Gasteiger partial charge in [0.2, 0.25) is 0 Å². The van der Waals surface area contributed by atoms with Gasteiger partial charge in [0.05, 0.1) is 17.6 Å². The van der Waals surface area contributed by atoms with Gasteiger partial charge in [-0.3, -0.25) is 0 Å². The molecule has 4 rings (SSSR count). The normalized spacial score (nSPS) is 11.3. The van der Waals surface area contributed by atoms with Crippen LogP contribution in [-0.4, -0.2) is 9.55 Å². The van der Waals surface area contributed by atoms with Crippen molar-refractivity contribution in [2.45, 2.75) is 34.2 Å². The van der Waals surface area contributed by atoms with Gasteiger partial charge < -0.3 is 4.57 Å². The van der Waals surface area contributed by atoms with Crippen LogP contribution in [0.2, 0.25) is 5.02 Å². The lowest BCUT2D eigenvalue weighted by atomic mass is 9.94. The zero-order valence-corrected chi connectivity index (χ0v) is 16.9. The van der Waals surface area contributed by atoms with Crippen LogP contribution in [0.25, 0.3) is 22.4 Å². The number of aryl methyl sites for hydroxylation is 2. The molecular weight excluding hydrogens is 352 g/mol. The first-order chi connectivity index (χ1) is 13.0. The molecule has 0 saturated carbocycles. The highest BCUT2D eigenvalue weighted by atomic mass is 35.5. The van der Waals surface area contributed by atoms with E-state index >= 15 is 0 Å². The van der Waals surface area contributed by atoms with Crippen molar-refractivity contribution in [1.29, 1.82) is 0 Å². The van der Waals surface area contributed by atoms with Crippen molar-refractivity contribution in [1.82, 2.24) is 9.55 Å². The largest absolute Gasteiger partial charge is 0.319 e. The van der Waals surface area contributed by atoms with Crippen molar-refractivity contribution < 1.29 is 0 Å². The Balaban J connectivity index is 1.96. The van der Waals surface area contributed by atoms with E-state index in [1.165, 1.54) is 27.8 Å². The molecular formula is C24H23ClN2. The fourth-order valence-corrected chi connectivity index (χ4v) is 3.97. The Kier molecular flexibility index (Phi) is 4.53. The first-order valence-electron chi connectivity index (χ1n) is 9.23. The molecule has 0 bridgehead atoms. The predicted molar refractivity (Wildman–Crippen MR) is 115 cm³/mol. The number of benzene rings is 3. The Labute approximate surface area is 165 Å². The molecule has 1 aromatic heterocycles. The summed E-state index contributed by atoms with van der Waals surface area (Å²) in [6.45, 7) is 9.61. The summed E-state index contributed by atoms with van der Waals surface area (Å²) in [7, 11) is 0. The van der Waals surface area contributed by atoms with E-state index in [2.05, 4.69) is 62.6 Å². The number of imidazole rings is 1. The average Bonchev–Trinajstić information content (AvgIpc) is 3.02. The first-order valence-corrected chi connectivity index (χ1v) is 9.61. The average molecular weight is 375 g/mol. The number of hydrogen-bond acceptors (Lipinski definition) is 1. The number of rotatable bonds is 3. The van der Waals surface area contributed by atoms with Gasteiger partial charge in [0.15, 0.2) is 0 Å². The molecule has 0 amide bonds. The molecule has 0 atom stereocenters. The molecule has 27 heavy (non-hydrogen) atoms. The van der Waals surface area contributed by atoms with Gasteiger partial charge in [-0.05, 0) is 79.8 Å². The summed E-state index contributed by atoms with van der Waals surface area (Å²) in [5.41, 5.74) is 9.94. The number of aromatic nitrogens is 2. The van der Waals surface area contributed by atoms with Gasteiger partial charge >= 0.3 is 0 Å². The number of nitrogens with zero attached hydrogens (tertiary/aromatic N) is 2. The SMILES string of the molecule is Cc1cc(C)c(C)c(Cn2c(-c3cccc(Cl)c3)nc3ccccc32)c1C. The maximum Gasteiger partial charge on any atom is 0.141 e. The fourth-order valence-electron chi connectivity index (χ4n) is 3.78. The summed E-state index contributed by atoms with van der Waals surface area (Å²) >= 11 is 6.26. The molecule has 1 heterocycles. The second kappa shape index (κ2) is 6.86. The minimum absolute atomic E-state index is 0.727. The predicted octanol–water partition coefficient (Wildman–Crippen LogP) is 6.64. The standard InChI is InChI=1S/C24H23ClN2/c1-15-12-16(2)18(4)21(17(15)3)14-27-23-11-6-5-10-22(23)26-24(27)19-8-7-9-20(25)13-19/h5-13H,14H2,1-4H3. The van der Waals surface area contributed by atoms with Gasteiger partial charge in [-0.1, -0.05) is 41.9 Å². The van der Waals surface area contributed by atoms with E-state index in [1.807, 2.05) is 24.3 Å². The van der Waals surface area contributed by atoms with E-state index in [4.69, 9.17) is 16.6 Å². The first kappa shape index (κ1) is 17.8. The van der Waals surface area contributed by atoms with Crippen molar-refractivity contribution in [3.05, 3.63) is 87.4 Å². The van der Waals surface area contributed by atoms with E-state index in [9.17, 15) is 0 Å². The summed E-state index contributed by atoms with van der Waals surface area (Å²) in [4.78, 5) is 4.93. The zero-order chi connectivity index (χ0) is 19.1. The molecule has 4 aromatic rings. The molecule has 0 unspecified atom stereocenters. The molecule has 0 aliphatic rings. The lowest BCUT2D eigenvalue weighted by molar-refractivity contribution is 0.818. The van der Waals surface area contributed by atoms with Crippen molar-refractivity contribution in [3.63, 3.8) is 0 Å². The Morgan fingerprint density at radius 2 is 1.56 bits per heavy atom. The van der Waals surface area contributed by atoms with Crippen LogP contribution in [-0.2, 0) is 6.54 Å². The van der Waals surface area contributed by atoms with Crippen LogP contribution >= 0.6 is 11.6 Å². The van der Waals surface area contributed by atoms with Crippen LogP contribution < -0.4 is 0 Å². The molecule has 0 aliphatic carbocycles.